The van der Waals surface area contributed by atoms with Gasteiger partial charge in [0.1, 0.15) is 0 Å². The van der Waals surface area contributed by atoms with E-state index in [1.165, 1.54) is 40.7 Å². The Morgan fingerprint density at radius 3 is 2.82 bits per heavy atom. The SMILES string of the molecule is Cc1cnn(-c2cccc(-c3cncc4c3CCCC4)c2)c1. The van der Waals surface area contributed by atoms with Crippen molar-refractivity contribution in [1.82, 2.24) is 14.8 Å². The summed E-state index contributed by atoms with van der Waals surface area (Å²) in [7, 11) is 0. The molecule has 3 heteroatoms. The molecule has 0 spiro atoms. The number of benzene rings is 1. The van der Waals surface area contributed by atoms with Crippen LogP contribution in [0.1, 0.15) is 29.5 Å². The Hall–Kier alpha value is -2.42. The molecule has 0 atom stereocenters. The Morgan fingerprint density at radius 1 is 1.05 bits per heavy atom. The van der Waals surface area contributed by atoms with E-state index in [9.17, 15) is 0 Å². The molecule has 1 aromatic carbocycles. The van der Waals surface area contributed by atoms with Crippen LogP contribution >= 0.6 is 0 Å². The standard InChI is InChI=1S/C19H19N3/c1-14-10-21-22(13-14)17-7-4-6-15(9-17)19-12-20-11-16-5-2-3-8-18(16)19/h4,6-7,9-13H,2-3,5,8H2,1H3. The van der Waals surface area contributed by atoms with Crippen molar-refractivity contribution in [2.45, 2.75) is 32.6 Å². The molecule has 4 rings (SSSR count). The number of nitrogens with zero attached hydrogens (tertiary/aromatic N) is 3. The van der Waals surface area contributed by atoms with E-state index in [0.717, 1.165) is 18.5 Å². The molecule has 0 unspecified atom stereocenters. The summed E-state index contributed by atoms with van der Waals surface area (Å²) in [5.74, 6) is 0. The highest BCUT2D eigenvalue weighted by Gasteiger charge is 2.15. The third-order valence-electron chi connectivity index (χ3n) is 4.40. The number of fused-ring (bicyclic) bond motifs is 1. The summed E-state index contributed by atoms with van der Waals surface area (Å²) in [5.41, 5.74) is 7.68. The number of aryl methyl sites for hydroxylation is 2. The number of hydrogen-bond donors (Lipinski definition) is 0. The highest BCUT2D eigenvalue weighted by atomic mass is 15.3. The van der Waals surface area contributed by atoms with Gasteiger partial charge in [0.2, 0.25) is 0 Å². The summed E-state index contributed by atoms with van der Waals surface area (Å²) in [6.07, 6.45) is 12.9. The first-order chi connectivity index (χ1) is 10.8. The maximum atomic E-state index is 4.46. The molecule has 22 heavy (non-hydrogen) atoms. The van der Waals surface area contributed by atoms with Gasteiger partial charge in [-0.05, 0) is 67.0 Å². The zero-order valence-corrected chi connectivity index (χ0v) is 12.8. The molecule has 0 fully saturated rings. The van der Waals surface area contributed by atoms with Crippen LogP contribution in [0, 0.1) is 6.92 Å². The van der Waals surface area contributed by atoms with Gasteiger partial charge in [-0.15, -0.1) is 0 Å². The van der Waals surface area contributed by atoms with E-state index < -0.39 is 0 Å². The minimum Gasteiger partial charge on any atom is -0.264 e. The molecular formula is C19H19N3. The molecule has 2 heterocycles. The van der Waals surface area contributed by atoms with Crippen molar-refractivity contribution in [2.24, 2.45) is 0 Å². The van der Waals surface area contributed by atoms with Gasteiger partial charge < -0.3 is 0 Å². The lowest BCUT2D eigenvalue weighted by atomic mass is 9.88. The zero-order valence-electron chi connectivity index (χ0n) is 12.8. The van der Waals surface area contributed by atoms with Crippen LogP contribution in [0.3, 0.4) is 0 Å². The molecule has 2 aromatic heterocycles. The normalized spacial score (nSPS) is 13.9. The largest absolute Gasteiger partial charge is 0.264 e. The molecule has 0 amide bonds. The number of rotatable bonds is 2. The number of hydrogen-bond acceptors (Lipinski definition) is 2. The quantitative estimate of drug-likeness (QED) is 0.710. The van der Waals surface area contributed by atoms with Gasteiger partial charge in [-0.1, -0.05) is 12.1 Å². The molecule has 3 aromatic rings. The molecular weight excluding hydrogens is 270 g/mol. The van der Waals surface area contributed by atoms with Crippen LogP contribution in [-0.4, -0.2) is 14.8 Å². The highest BCUT2D eigenvalue weighted by Crippen LogP contribution is 2.31. The topological polar surface area (TPSA) is 30.7 Å². The highest BCUT2D eigenvalue weighted by molar-refractivity contribution is 5.70. The number of pyridine rings is 1. The lowest BCUT2D eigenvalue weighted by Crippen LogP contribution is -2.05. The number of aromatic nitrogens is 3. The predicted molar refractivity (Wildman–Crippen MR) is 88.2 cm³/mol. The summed E-state index contributed by atoms with van der Waals surface area (Å²) in [5, 5.41) is 4.41. The molecule has 0 saturated carbocycles. The minimum atomic E-state index is 1.10. The van der Waals surface area contributed by atoms with Crippen LogP contribution in [-0.2, 0) is 12.8 Å². The fourth-order valence-electron chi connectivity index (χ4n) is 3.28. The molecule has 0 saturated heterocycles. The minimum absolute atomic E-state index is 1.10. The van der Waals surface area contributed by atoms with Crippen LogP contribution in [0.4, 0.5) is 0 Å². The lowest BCUT2D eigenvalue weighted by molar-refractivity contribution is 0.683. The Balaban J connectivity index is 1.81. The van der Waals surface area contributed by atoms with Gasteiger partial charge in [0.05, 0.1) is 11.9 Å². The van der Waals surface area contributed by atoms with Crippen LogP contribution in [0.5, 0.6) is 0 Å². The average Bonchev–Trinajstić information content (AvgIpc) is 3.01. The Labute approximate surface area is 130 Å². The van der Waals surface area contributed by atoms with Crippen LogP contribution < -0.4 is 0 Å². The summed E-state index contributed by atoms with van der Waals surface area (Å²) in [6.45, 7) is 2.06. The first kappa shape index (κ1) is 13.3. The van der Waals surface area contributed by atoms with Crippen LogP contribution in [0.15, 0.2) is 49.1 Å². The maximum Gasteiger partial charge on any atom is 0.0651 e. The monoisotopic (exact) mass is 289 g/mol. The van der Waals surface area contributed by atoms with E-state index >= 15 is 0 Å². The maximum absolute atomic E-state index is 4.46. The smallest absolute Gasteiger partial charge is 0.0651 e. The van der Waals surface area contributed by atoms with Crippen molar-refractivity contribution in [1.29, 1.82) is 0 Å². The van der Waals surface area contributed by atoms with Crippen molar-refractivity contribution >= 4 is 0 Å². The van der Waals surface area contributed by atoms with Gasteiger partial charge in [-0.25, -0.2) is 4.68 Å². The molecule has 110 valence electrons. The second-order valence-corrected chi connectivity index (χ2v) is 6.04. The van der Waals surface area contributed by atoms with Crippen molar-refractivity contribution in [2.75, 3.05) is 0 Å². The fraction of sp³-hybridized carbons (Fsp3) is 0.263. The van der Waals surface area contributed by atoms with E-state index in [0.29, 0.717) is 0 Å². The second kappa shape index (κ2) is 5.41. The van der Waals surface area contributed by atoms with Crippen LogP contribution in [0.2, 0.25) is 0 Å². The van der Waals surface area contributed by atoms with Gasteiger partial charge in [0.15, 0.2) is 0 Å². The lowest BCUT2D eigenvalue weighted by Gasteiger charge is -2.19. The fourth-order valence-corrected chi connectivity index (χ4v) is 3.28. The van der Waals surface area contributed by atoms with E-state index in [1.807, 2.05) is 23.3 Å². The molecule has 0 N–H and O–H groups in total. The Kier molecular flexibility index (Phi) is 3.26. The Bertz CT molecular complexity index is 817. The van der Waals surface area contributed by atoms with E-state index in [2.05, 4.69) is 47.5 Å². The summed E-state index contributed by atoms with van der Waals surface area (Å²) in [6, 6.07) is 8.58. The first-order valence-electron chi connectivity index (χ1n) is 7.89. The Morgan fingerprint density at radius 2 is 1.95 bits per heavy atom. The van der Waals surface area contributed by atoms with Gasteiger partial charge in [0, 0.05) is 24.2 Å². The zero-order chi connectivity index (χ0) is 14.9. The van der Waals surface area contributed by atoms with Crippen LogP contribution in [0.25, 0.3) is 16.8 Å². The van der Waals surface area contributed by atoms with Crippen molar-refractivity contribution in [3.63, 3.8) is 0 Å². The molecule has 3 nitrogen and oxygen atoms in total. The summed E-state index contributed by atoms with van der Waals surface area (Å²) >= 11 is 0. The van der Waals surface area contributed by atoms with Gasteiger partial charge in [-0.3, -0.25) is 4.98 Å². The van der Waals surface area contributed by atoms with Crippen molar-refractivity contribution in [3.8, 4) is 16.8 Å². The van der Waals surface area contributed by atoms with E-state index in [1.54, 1.807) is 0 Å². The molecule has 0 bridgehead atoms. The molecule has 1 aliphatic rings. The van der Waals surface area contributed by atoms with Gasteiger partial charge in [-0.2, -0.15) is 5.10 Å². The molecule has 1 aliphatic carbocycles. The average molecular weight is 289 g/mol. The predicted octanol–water partition coefficient (Wildman–Crippen LogP) is 4.12. The van der Waals surface area contributed by atoms with Gasteiger partial charge in [0.25, 0.3) is 0 Å². The summed E-state index contributed by atoms with van der Waals surface area (Å²) < 4.78 is 1.93. The van der Waals surface area contributed by atoms with Crippen molar-refractivity contribution in [3.05, 3.63) is 65.7 Å². The van der Waals surface area contributed by atoms with E-state index in [-0.39, 0.29) is 0 Å². The van der Waals surface area contributed by atoms with Crippen molar-refractivity contribution < 1.29 is 0 Å². The van der Waals surface area contributed by atoms with E-state index in [4.69, 9.17) is 0 Å². The third-order valence-corrected chi connectivity index (χ3v) is 4.40. The molecule has 0 aliphatic heterocycles. The van der Waals surface area contributed by atoms with Gasteiger partial charge >= 0.3 is 0 Å². The molecule has 0 radical (unpaired) electrons. The third kappa shape index (κ3) is 2.33. The second-order valence-electron chi connectivity index (χ2n) is 6.04. The first-order valence-corrected chi connectivity index (χ1v) is 7.89. The summed E-state index contributed by atoms with van der Waals surface area (Å²) in [4.78, 5) is 4.46.